The number of oxime groups is 1. The standard InChI is InChI=1S/C21H23N7O5S2/c1-26-13-5-3-4-10(13)6-27(26)7-11-8-34-19-15(18(30)28(19)16(11)20(31)32)24-17(29)14(25-33-2)12-9-35-21(22)23-12/h6,9,15,19H,3-5,7-8H2,1-2H3,(H3-,22,23,24,29,31,32)/p+1/t15?,19-/m1/s1. The molecule has 2 atom stereocenters. The highest BCUT2D eigenvalue weighted by Crippen LogP contribution is 2.40. The molecule has 2 amide bonds. The van der Waals surface area contributed by atoms with E-state index in [1.54, 1.807) is 5.38 Å². The summed E-state index contributed by atoms with van der Waals surface area (Å²) in [7, 11) is 3.26. The normalized spacial score (nSPS) is 21.5. The van der Waals surface area contributed by atoms with Crippen molar-refractivity contribution in [3.63, 3.8) is 0 Å². The number of carboxylic acids is 1. The molecule has 0 saturated carbocycles. The molecule has 1 aliphatic carbocycles. The number of carbonyl (C=O) groups excluding carboxylic acids is 2. The Morgan fingerprint density at radius 1 is 1.43 bits per heavy atom. The van der Waals surface area contributed by atoms with Crippen LogP contribution in [0.1, 0.15) is 23.4 Å². The molecule has 2 aliphatic heterocycles. The number of thioether (sulfide) groups is 1. The Hall–Kier alpha value is -3.39. The van der Waals surface area contributed by atoms with Crippen LogP contribution in [0.3, 0.4) is 0 Å². The monoisotopic (exact) mass is 518 g/mol. The molecule has 3 aliphatic rings. The van der Waals surface area contributed by atoms with Crippen molar-refractivity contribution in [2.75, 3.05) is 18.6 Å². The highest BCUT2D eigenvalue weighted by Gasteiger charge is 2.55. The van der Waals surface area contributed by atoms with E-state index in [-0.39, 0.29) is 22.2 Å². The highest BCUT2D eigenvalue weighted by atomic mass is 32.2. The van der Waals surface area contributed by atoms with Gasteiger partial charge in [-0.25, -0.2) is 9.78 Å². The van der Waals surface area contributed by atoms with Crippen LogP contribution in [0.2, 0.25) is 0 Å². The largest absolute Gasteiger partial charge is 0.477 e. The zero-order valence-corrected chi connectivity index (χ0v) is 20.7. The van der Waals surface area contributed by atoms with Crippen LogP contribution < -0.4 is 15.7 Å². The predicted octanol–water partition coefficient (Wildman–Crippen LogP) is -0.371. The van der Waals surface area contributed by atoms with Crippen molar-refractivity contribution in [2.24, 2.45) is 12.2 Å². The summed E-state index contributed by atoms with van der Waals surface area (Å²) in [5.74, 6) is -1.88. The zero-order chi connectivity index (χ0) is 24.9. The summed E-state index contributed by atoms with van der Waals surface area (Å²) in [6, 6.07) is -0.895. The fourth-order valence-corrected chi connectivity index (χ4v) is 6.62. The third kappa shape index (κ3) is 3.95. The van der Waals surface area contributed by atoms with Gasteiger partial charge in [0.25, 0.3) is 11.8 Å². The summed E-state index contributed by atoms with van der Waals surface area (Å²) < 4.78 is 4.06. The molecule has 1 unspecified atom stereocenters. The van der Waals surface area contributed by atoms with Gasteiger partial charge in [-0.05, 0) is 19.3 Å². The number of aryl methyl sites for hydroxylation is 1. The molecular formula is C21H24N7O5S2+. The topological polar surface area (TPSA) is 156 Å². The van der Waals surface area contributed by atoms with Crippen molar-refractivity contribution in [1.29, 1.82) is 0 Å². The molecule has 35 heavy (non-hydrogen) atoms. The number of hydrogen-bond donors (Lipinski definition) is 3. The molecule has 1 fully saturated rings. The number of carbonyl (C=O) groups is 3. The summed E-state index contributed by atoms with van der Waals surface area (Å²) in [6.07, 6.45) is 5.22. The number of aromatic nitrogens is 3. The number of nitrogen functional groups attached to an aromatic ring is 1. The van der Waals surface area contributed by atoms with Gasteiger partial charge in [0.1, 0.15) is 29.9 Å². The molecule has 2 aromatic rings. The molecular weight excluding hydrogens is 494 g/mol. The van der Waals surface area contributed by atoms with Gasteiger partial charge < -0.3 is 21.0 Å². The number of thiazole rings is 1. The van der Waals surface area contributed by atoms with E-state index in [1.165, 1.54) is 35.0 Å². The Balaban J connectivity index is 1.35. The van der Waals surface area contributed by atoms with Crippen molar-refractivity contribution >= 4 is 51.7 Å². The number of anilines is 1. The van der Waals surface area contributed by atoms with Gasteiger partial charge >= 0.3 is 5.97 Å². The minimum absolute atomic E-state index is 0.0174. The van der Waals surface area contributed by atoms with E-state index in [0.29, 0.717) is 17.9 Å². The number of carboxylic acid groups (broad SMARTS) is 1. The van der Waals surface area contributed by atoms with Crippen molar-refractivity contribution in [2.45, 2.75) is 37.2 Å². The summed E-state index contributed by atoms with van der Waals surface area (Å²) in [5.41, 5.74) is 8.95. The predicted molar refractivity (Wildman–Crippen MR) is 127 cm³/mol. The first-order chi connectivity index (χ1) is 16.8. The number of rotatable bonds is 7. The Bertz CT molecular complexity index is 1300. The minimum Gasteiger partial charge on any atom is -0.477 e. The average molecular weight is 519 g/mol. The molecule has 4 heterocycles. The molecule has 5 rings (SSSR count). The number of nitrogens with two attached hydrogens (primary N) is 1. The first kappa shape index (κ1) is 23.4. The fraction of sp³-hybridized carbons (Fsp3) is 0.429. The molecule has 12 nitrogen and oxygen atoms in total. The van der Waals surface area contributed by atoms with E-state index in [0.717, 1.165) is 30.6 Å². The van der Waals surface area contributed by atoms with E-state index in [2.05, 4.69) is 26.3 Å². The molecule has 184 valence electrons. The van der Waals surface area contributed by atoms with Crippen LogP contribution in [0, 0.1) is 0 Å². The molecule has 4 N–H and O–H groups in total. The SMILES string of the molecule is CON=C(C(=O)NC1C(=O)N2C(C(=O)O)=C(C[n+]3cc4c(n3C)CCC4)CS[C@H]12)c1csc(N)n1. The second kappa shape index (κ2) is 9.00. The van der Waals surface area contributed by atoms with Crippen molar-refractivity contribution in [3.05, 3.63) is 39.8 Å². The van der Waals surface area contributed by atoms with Crippen LogP contribution in [-0.4, -0.2) is 67.4 Å². The molecule has 0 aromatic carbocycles. The molecule has 14 heteroatoms. The second-order valence-corrected chi connectivity index (χ2v) is 10.4. The number of fused-ring (bicyclic) bond motifs is 2. The van der Waals surface area contributed by atoms with Gasteiger partial charge in [-0.15, -0.1) is 27.8 Å². The Morgan fingerprint density at radius 2 is 2.23 bits per heavy atom. The Morgan fingerprint density at radius 3 is 2.89 bits per heavy atom. The smallest absolute Gasteiger partial charge is 0.352 e. The lowest BCUT2D eigenvalue weighted by molar-refractivity contribution is -0.767. The molecule has 1 saturated heterocycles. The van der Waals surface area contributed by atoms with Gasteiger partial charge in [-0.3, -0.25) is 14.5 Å². The van der Waals surface area contributed by atoms with Gasteiger partial charge in [0.15, 0.2) is 23.6 Å². The maximum absolute atomic E-state index is 13.0. The molecule has 2 aromatic heterocycles. The fourth-order valence-electron chi connectivity index (χ4n) is 4.74. The lowest BCUT2D eigenvalue weighted by Gasteiger charge is -2.49. The number of amides is 2. The second-order valence-electron chi connectivity index (χ2n) is 8.39. The lowest BCUT2D eigenvalue weighted by atomic mass is 10.0. The van der Waals surface area contributed by atoms with Gasteiger partial charge in [0.2, 0.25) is 0 Å². The minimum atomic E-state index is -1.16. The third-order valence-electron chi connectivity index (χ3n) is 6.36. The molecule has 0 bridgehead atoms. The average Bonchev–Trinajstić information content (AvgIpc) is 3.54. The molecule has 0 radical (unpaired) electrons. The number of hydrogen-bond acceptors (Lipinski definition) is 9. The number of nitrogens with zero attached hydrogens (tertiary/aromatic N) is 5. The number of nitrogens with one attached hydrogen (secondary N) is 1. The van der Waals surface area contributed by atoms with E-state index in [1.807, 2.05) is 11.7 Å². The first-order valence-electron chi connectivity index (χ1n) is 10.9. The quantitative estimate of drug-likeness (QED) is 0.194. The summed E-state index contributed by atoms with van der Waals surface area (Å²) in [4.78, 5) is 48.2. The maximum atomic E-state index is 13.0. The van der Waals surface area contributed by atoms with Crippen LogP contribution >= 0.6 is 23.1 Å². The van der Waals surface area contributed by atoms with Crippen molar-refractivity contribution in [3.8, 4) is 0 Å². The van der Waals surface area contributed by atoms with E-state index < -0.39 is 29.2 Å². The van der Waals surface area contributed by atoms with Gasteiger partial charge in [0, 0.05) is 22.3 Å². The van der Waals surface area contributed by atoms with Crippen LogP contribution in [0.15, 0.2) is 28.0 Å². The number of β-lactam (4-membered cyclic amide) rings is 1. The number of aliphatic carboxylic acids is 1. The van der Waals surface area contributed by atoms with E-state index in [9.17, 15) is 19.5 Å². The summed E-state index contributed by atoms with van der Waals surface area (Å²) >= 11 is 2.56. The van der Waals surface area contributed by atoms with Crippen molar-refractivity contribution in [1.82, 2.24) is 19.9 Å². The van der Waals surface area contributed by atoms with Crippen LogP contribution in [0.5, 0.6) is 0 Å². The van der Waals surface area contributed by atoms with Crippen LogP contribution in [0.4, 0.5) is 5.13 Å². The third-order valence-corrected chi connectivity index (χ3v) is 8.38. The van der Waals surface area contributed by atoms with Gasteiger partial charge in [-0.2, -0.15) is 4.68 Å². The van der Waals surface area contributed by atoms with Gasteiger partial charge in [-0.1, -0.05) is 5.16 Å². The highest BCUT2D eigenvalue weighted by molar-refractivity contribution is 8.00. The van der Waals surface area contributed by atoms with Crippen LogP contribution in [0.25, 0.3) is 0 Å². The maximum Gasteiger partial charge on any atom is 0.352 e. The van der Waals surface area contributed by atoms with E-state index in [4.69, 9.17) is 10.6 Å². The lowest BCUT2D eigenvalue weighted by Crippen LogP contribution is -2.71. The first-order valence-corrected chi connectivity index (χ1v) is 12.8. The Kier molecular flexibility index (Phi) is 6.01. The van der Waals surface area contributed by atoms with Crippen molar-refractivity contribution < 1.29 is 29.0 Å². The zero-order valence-electron chi connectivity index (χ0n) is 19.1. The van der Waals surface area contributed by atoms with Crippen LogP contribution in [-0.2, 0) is 45.7 Å². The van der Waals surface area contributed by atoms with Gasteiger partial charge in [0.05, 0.1) is 12.7 Å². The van der Waals surface area contributed by atoms with E-state index >= 15 is 0 Å². The Labute approximate surface area is 208 Å². The summed E-state index contributed by atoms with van der Waals surface area (Å²) in [5, 5.41) is 17.6. The summed E-state index contributed by atoms with van der Waals surface area (Å²) in [6.45, 7) is 0.377. The molecule has 0 spiro atoms.